The first-order valence-corrected chi connectivity index (χ1v) is 6.80. The smallest absolute Gasteiger partial charge is 0.289 e. The minimum Gasteiger partial charge on any atom is -0.289 e. The van der Waals surface area contributed by atoms with Gasteiger partial charge in [0.05, 0.1) is 0 Å². The Morgan fingerprint density at radius 2 is 1.48 bits per heavy atom. The van der Waals surface area contributed by atoms with E-state index >= 15 is 0 Å². The normalized spacial score (nSPS) is 9.76. The molecule has 21 heavy (non-hydrogen) atoms. The van der Waals surface area contributed by atoms with Crippen LogP contribution >= 0.6 is 15.9 Å². The molecule has 2 rings (SSSR count). The molecule has 0 saturated carbocycles. The van der Waals surface area contributed by atoms with Crippen LogP contribution in [0.2, 0.25) is 0 Å². The molecule has 0 fully saturated rings. The van der Waals surface area contributed by atoms with E-state index in [1.807, 2.05) is 0 Å². The first kappa shape index (κ1) is 15.0. The molecular weight excluding hydrogens is 336 g/mol. The van der Waals surface area contributed by atoms with Crippen molar-refractivity contribution in [1.82, 2.24) is 0 Å². The third-order valence-corrected chi connectivity index (χ3v) is 3.14. The second-order valence-corrected chi connectivity index (χ2v) is 4.97. The van der Waals surface area contributed by atoms with Gasteiger partial charge in [-0.25, -0.2) is 9.68 Å². The highest BCUT2D eigenvalue weighted by Gasteiger charge is 2.09. The number of hydrogen-bond donors (Lipinski definition) is 0. The molecule has 4 nitrogen and oxygen atoms in total. The van der Waals surface area contributed by atoms with Crippen LogP contribution < -0.4 is 4.89 Å². The summed E-state index contributed by atoms with van der Waals surface area (Å²) in [5, 5.41) is 0. The minimum atomic E-state index is -0.690. The number of benzene rings is 2. The number of hydrogen-bond acceptors (Lipinski definition) is 4. The molecule has 0 atom stereocenters. The summed E-state index contributed by atoms with van der Waals surface area (Å²) in [4.78, 5) is 32.3. The Hall–Kier alpha value is -2.40. The zero-order valence-corrected chi connectivity index (χ0v) is 12.5. The lowest BCUT2D eigenvalue weighted by atomic mass is 10.0. The maximum absolute atomic E-state index is 12.2. The van der Waals surface area contributed by atoms with E-state index in [1.165, 1.54) is 0 Å². The molecule has 0 aliphatic heterocycles. The van der Waals surface area contributed by atoms with Crippen LogP contribution in [0.25, 0.3) is 0 Å². The Labute approximate surface area is 130 Å². The summed E-state index contributed by atoms with van der Waals surface area (Å²) >= 11 is 3.32. The highest BCUT2D eigenvalue weighted by atomic mass is 79.9. The first-order chi connectivity index (χ1) is 10.1. The maximum atomic E-state index is 12.2. The van der Waals surface area contributed by atoms with E-state index in [4.69, 9.17) is 4.89 Å². The van der Waals surface area contributed by atoms with Gasteiger partial charge in [-0.1, -0.05) is 22.5 Å². The quantitative estimate of drug-likeness (QED) is 0.358. The topological polar surface area (TPSA) is 52.6 Å². The van der Waals surface area contributed by atoms with Gasteiger partial charge < -0.3 is 0 Å². The van der Waals surface area contributed by atoms with E-state index in [2.05, 4.69) is 27.4 Å². The van der Waals surface area contributed by atoms with E-state index in [0.29, 0.717) is 16.9 Å². The van der Waals surface area contributed by atoms with Gasteiger partial charge in [0.15, 0.2) is 11.5 Å². The van der Waals surface area contributed by atoms with Crippen molar-refractivity contribution >= 4 is 27.7 Å². The Bertz CT molecular complexity index is 660. The molecule has 0 saturated heterocycles. The lowest BCUT2D eigenvalue weighted by molar-refractivity contribution is -0.207. The van der Waals surface area contributed by atoms with E-state index in [9.17, 15) is 9.59 Å². The van der Waals surface area contributed by atoms with Gasteiger partial charge >= 0.3 is 5.97 Å². The number of halogens is 1. The van der Waals surface area contributed by atoms with Crippen molar-refractivity contribution in [2.45, 2.75) is 0 Å². The third-order valence-electron chi connectivity index (χ3n) is 2.61. The molecule has 2 aromatic rings. The fourth-order valence-corrected chi connectivity index (χ4v) is 1.82. The van der Waals surface area contributed by atoms with Crippen molar-refractivity contribution in [2.24, 2.45) is 0 Å². The molecule has 0 bridgehead atoms. The third kappa shape index (κ3) is 4.03. The standard InChI is InChI=1S/C16H11BrO4/c1-2-15(18)21-20-14-9-5-12(6-10-14)16(19)11-3-7-13(17)8-4-11/h2-10H,1H2. The van der Waals surface area contributed by atoms with Gasteiger partial charge in [-0.2, -0.15) is 0 Å². The Balaban J connectivity index is 2.07. The number of carbonyl (C=O) groups is 2. The van der Waals surface area contributed by atoms with Gasteiger partial charge in [-0.05, 0) is 48.5 Å². The van der Waals surface area contributed by atoms with Crippen molar-refractivity contribution in [2.75, 3.05) is 0 Å². The summed E-state index contributed by atoms with van der Waals surface area (Å²) in [6.45, 7) is 3.25. The van der Waals surface area contributed by atoms with Gasteiger partial charge in [0.2, 0.25) is 0 Å². The summed E-state index contributed by atoms with van der Waals surface area (Å²) in [6.07, 6.45) is 0.991. The predicted octanol–water partition coefficient (Wildman–Crippen LogP) is 3.70. The maximum Gasteiger partial charge on any atom is 0.378 e. The molecule has 0 N–H and O–H groups in total. The highest BCUT2D eigenvalue weighted by molar-refractivity contribution is 9.10. The van der Waals surface area contributed by atoms with E-state index in [1.54, 1.807) is 48.5 Å². The number of rotatable bonds is 5. The SMILES string of the molecule is C=CC(=O)OOc1ccc(C(=O)c2ccc(Br)cc2)cc1. The fourth-order valence-electron chi connectivity index (χ4n) is 1.55. The van der Waals surface area contributed by atoms with Gasteiger partial charge in [-0.3, -0.25) is 9.68 Å². The van der Waals surface area contributed by atoms with Crippen molar-refractivity contribution < 1.29 is 19.4 Å². The molecule has 0 spiro atoms. The lowest BCUT2D eigenvalue weighted by Gasteiger charge is -2.04. The Morgan fingerprint density at radius 3 is 2.00 bits per heavy atom. The highest BCUT2D eigenvalue weighted by Crippen LogP contribution is 2.17. The average molecular weight is 347 g/mol. The summed E-state index contributed by atoms with van der Waals surface area (Å²) in [7, 11) is 0. The monoisotopic (exact) mass is 346 g/mol. The molecular formula is C16H11BrO4. The van der Waals surface area contributed by atoms with Crippen LogP contribution in [0.4, 0.5) is 0 Å². The Morgan fingerprint density at radius 1 is 0.952 bits per heavy atom. The van der Waals surface area contributed by atoms with Crippen LogP contribution in [0, 0.1) is 0 Å². The second-order valence-electron chi connectivity index (χ2n) is 4.05. The van der Waals surface area contributed by atoms with Crippen molar-refractivity contribution in [3.8, 4) is 5.75 Å². The first-order valence-electron chi connectivity index (χ1n) is 6.01. The van der Waals surface area contributed by atoms with Crippen LogP contribution in [0.15, 0.2) is 65.7 Å². The van der Waals surface area contributed by atoms with Crippen molar-refractivity contribution in [3.05, 3.63) is 76.8 Å². The molecule has 2 aromatic carbocycles. The molecule has 0 aliphatic rings. The van der Waals surface area contributed by atoms with Crippen LogP contribution in [0.1, 0.15) is 15.9 Å². The number of ketones is 1. The van der Waals surface area contributed by atoms with Gasteiger partial charge in [0, 0.05) is 21.7 Å². The molecule has 0 aliphatic carbocycles. The fraction of sp³-hybridized carbons (Fsp3) is 0. The van der Waals surface area contributed by atoms with Gasteiger partial charge in [0.25, 0.3) is 0 Å². The van der Waals surface area contributed by atoms with Crippen molar-refractivity contribution in [1.29, 1.82) is 0 Å². The van der Waals surface area contributed by atoms with E-state index < -0.39 is 5.97 Å². The molecule has 0 unspecified atom stereocenters. The molecule has 0 radical (unpaired) electrons. The van der Waals surface area contributed by atoms with Gasteiger partial charge in [-0.15, -0.1) is 0 Å². The summed E-state index contributed by atoms with van der Waals surface area (Å²) in [6, 6.07) is 13.4. The largest absolute Gasteiger partial charge is 0.378 e. The minimum absolute atomic E-state index is 0.0999. The summed E-state index contributed by atoms with van der Waals surface area (Å²) < 4.78 is 0.909. The van der Waals surface area contributed by atoms with Crippen LogP contribution in [-0.2, 0) is 9.68 Å². The number of carbonyl (C=O) groups excluding carboxylic acids is 2. The molecule has 0 aromatic heterocycles. The summed E-state index contributed by atoms with van der Waals surface area (Å²) in [5.74, 6) is -0.472. The van der Waals surface area contributed by atoms with Gasteiger partial charge in [0.1, 0.15) is 0 Å². The Kier molecular flexibility index (Phi) is 4.90. The van der Waals surface area contributed by atoms with Crippen LogP contribution in [-0.4, -0.2) is 11.8 Å². The molecule has 0 amide bonds. The van der Waals surface area contributed by atoms with E-state index in [-0.39, 0.29) is 5.78 Å². The molecule has 106 valence electrons. The summed E-state index contributed by atoms with van der Waals surface area (Å²) in [5.41, 5.74) is 1.10. The second kappa shape index (κ2) is 6.85. The van der Waals surface area contributed by atoms with Crippen LogP contribution in [0.3, 0.4) is 0 Å². The lowest BCUT2D eigenvalue weighted by Crippen LogP contribution is -2.05. The molecule has 0 heterocycles. The average Bonchev–Trinajstić information content (AvgIpc) is 2.53. The zero-order valence-electron chi connectivity index (χ0n) is 10.9. The molecule has 5 heteroatoms. The predicted molar refractivity (Wildman–Crippen MR) is 80.9 cm³/mol. The van der Waals surface area contributed by atoms with Crippen LogP contribution in [0.5, 0.6) is 5.75 Å². The van der Waals surface area contributed by atoms with E-state index in [0.717, 1.165) is 10.5 Å². The van der Waals surface area contributed by atoms with Crippen molar-refractivity contribution in [3.63, 3.8) is 0 Å². The zero-order chi connectivity index (χ0) is 15.2.